The van der Waals surface area contributed by atoms with Crippen LogP contribution in [-0.2, 0) is 0 Å². The van der Waals surface area contributed by atoms with E-state index >= 15 is 0 Å². The number of nitrogens with one attached hydrogen (secondary N) is 1. The van der Waals surface area contributed by atoms with Crippen molar-refractivity contribution in [3.63, 3.8) is 0 Å². The second kappa shape index (κ2) is 5.23. The third kappa shape index (κ3) is 3.11. The monoisotopic (exact) mass is 253 g/mol. The van der Waals surface area contributed by atoms with E-state index < -0.39 is 0 Å². The van der Waals surface area contributed by atoms with Crippen LogP contribution in [0.2, 0.25) is 5.02 Å². The number of pyridine rings is 1. The van der Waals surface area contributed by atoms with Gasteiger partial charge in [0.25, 0.3) is 0 Å². The Morgan fingerprint density at radius 1 is 1.47 bits per heavy atom. The van der Waals surface area contributed by atoms with Gasteiger partial charge in [0, 0.05) is 12.7 Å². The Bertz CT molecular complexity index is 355. The zero-order valence-electron chi connectivity index (χ0n) is 10.2. The summed E-state index contributed by atoms with van der Waals surface area (Å²) in [6.45, 7) is 2.96. The Kier molecular flexibility index (Phi) is 3.89. The number of hydrogen-bond acceptors (Lipinski definition) is 3. The van der Waals surface area contributed by atoms with Crippen LogP contribution in [0.25, 0.3) is 0 Å². The lowest BCUT2D eigenvalue weighted by Crippen LogP contribution is -2.48. The Labute approximate surface area is 108 Å². The van der Waals surface area contributed by atoms with Gasteiger partial charge in [0.2, 0.25) is 0 Å². The summed E-state index contributed by atoms with van der Waals surface area (Å²) in [7, 11) is 0. The molecule has 1 saturated carbocycles. The summed E-state index contributed by atoms with van der Waals surface area (Å²) >= 11 is 5.83. The van der Waals surface area contributed by atoms with Crippen molar-refractivity contribution >= 4 is 17.4 Å². The van der Waals surface area contributed by atoms with E-state index in [1.54, 1.807) is 6.20 Å². The third-order valence-electron chi connectivity index (χ3n) is 3.74. The number of anilines is 1. The molecule has 1 aromatic heterocycles. The molecule has 17 heavy (non-hydrogen) atoms. The first-order chi connectivity index (χ1) is 8.13. The van der Waals surface area contributed by atoms with E-state index in [-0.39, 0.29) is 5.54 Å². The second-order valence-electron chi connectivity index (χ2n) is 5.15. The first-order valence-corrected chi connectivity index (χ1v) is 6.61. The Hall–Kier alpha value is -0.800. The van der Waals surface area contributed by atoms with Gasteiger partial charge < -0.3 is 11.1 Å². The van der Waals surface area contributed by atoms with E-state index in [1.807, 2.05) is 12.1 Å². The minimum atomic E-state index is 0.0212. The largest absolute Gasteiger partial charge is 0.363 e. The van der Waals surface area contributed by atoms with Crippen molar-refractivity contribution in [1.29, 1.82) is 0 Å². The molecule has 1 aromatic rings. The van der Waals surface area contributed by atoms with Gasteiger partial charge in [-0.15, -0.1) is 0 Å². The van der Waals surface area contributed by atoms with Crippen LogP contribution in [0.1, 0.15) is 32.6 Å². The molecule has 1 fully saturated rings. The maximum atomic E-state index is 5.95. The summed E-state index contributed by atoms with van der Waals surface area (Å²) in [6, 6.07) is 3.77. The zero-order chi connectivity index (χ0) is 12.3. The van der Waals surface area contributed by atoms with Gasteiger partial charge in [-0.1, -0.05) is 18.5 Å². The fraction of sp³-hybridized carbons (Fsp3) is 0.615. The lowest BCUT2D eigenvalue weighted by atomic mass is 9.77. The zero-order valence-corrected chi connectivity index (χ0v) is 11.0. The van der Waals surface area contributed by atoms with Crippen LogP contribution in [0.3, 0.4) is 0 Å². The highest BCUT2D eigenvalue weighted by Crippen LogP contribution is 2.33. The van der Waals surface area contributed by atoms with E-state index in [1.165, 1.54) is 12.8 Å². The van der Waals surface area contributed by atoms with Crippen molar-refractivity contribution in [2.45, 2.75) is 38.1 Å². The highest BCUT2D eigenvalue weighted by molar-refractivity contribution is 6.30. The molecule has 0 atom stereocenters. The minimum absolute atomic E-state index is 0.0212. The molecular weight excluding hydrogens is 234 g/mol. The van der Waals surface area contributed by atoms with Gasteiger partial charge in [0.05, 0.1) is 10.6 Å². The molecule has 94 valence electrons. The maximum Gasteiger partial charge on any atom is 0.126 e. The summed E-state index contributed by atoms with van der Waals surface area (Å²) in [6.07, 6.45) is 6.37. The summed E-state index contributed by atoms with van der Waals surface area (Å²) in [4.78, 5) is 4.29. The predicted molar refractivity (Wildman–Crippen MR) is 72.3 cm³/mol. The number of nitrogens with two attached hydrogens (primary N) is 1. The van der Waals surface area contributed by atoms with Crippen LogP contribution >= 0.6 is 11.6 Å². The van der Waals surface area contributed by atoms with Crippen LogP contribution in [0.15, 0.2) is 18.3 Å². The molecule has 1 aliphatic rings. The van der Waals surface area contributed by atoms with Crippen LogP contribution in [0.4, 0.5) is 5.82 Å². The van der Waals surface area contributed by atoms with Gasteiger partial charge in [-0.25, -0.2) is 4.98 Å². The molecular formula is C13H20ClN3. The molecule has 0 aliphatic heterocycles. The van der Waals surface area contributed by atoms with Crippen LogP contribution in [0, 0.1) is 5.92 Å². The molecule has 4 heteroatoms. The molecule has 0 bridgehead atoms. The van der Waals surface area contributed by atoms with Gasteiger partial charge in [-0.3, -0.25) is 0 Å². The first kappa shape index (κ1) is 12.7. The SMILES string of the molecule is CC1CCC(CN)(Nc2ccc(Cl)cn2)CC1. The number of hydrogen-bond donors (Lipinski definition) is 2. The maximum absolute atomic E-state index is 5.95. The van der Waals surface area contributed by atoms with Crippen molar-refractivity contribution in [2.24, 2.45) is 11.7 Å². The summed E-state index contributed by atoms with van der Waals surface area (Å²) in [5.41, 5.74) is 5.97. The molecule has 1 aliphatic carbocycles. The highest BCUT2D eigenvalue weighted by Gasteiger charge is 2.32. The topological polar surface area (TPSA) is 50.9 Å². The van der Waals surface area contributed by atoms with Gasteiger partial charge in [-0.05, 0) is 43.7 Å². The predicted octanol–water partition coefficient (Wildman–Crippen LogP) is 3.05. The Balaban J connectivity index is 2.06. The summed E-state index contributed by atoms with van der Waals surface area (Å²) < 4.78 is 0. The Morgan fingerprint density at radius 3 is 2.71 bits per heavy atom. The molecule has 3 nitrogen and oxygen atoms in total. The van der Waals surface area contributed by atoms with E-state index in [0.717, 1.165) is 24.6 Å². The van der Waals surface area contributed by atoms with Crippen molar-refractivity contribution < 1.29 is 0 Å². The molecule has 0 saturated heterocycles. The smallest absolute Gasteiger partial charge is 0.126 e. The number of halogens is 1. The van der Waals surface area contributed by atoms with Crippen LogP contribution in [0.5, 0.6) is 0 Å². The third-order valence-corrected chi connectivity index (χ3v) is 3.97. The van der Waals surface area contributed by atoms with Crippen LogP contribution in [-0.4, -0.2) is 17.1 Å². The van der Waals surface area contributed by atoms with E-state index in [0.29, 0.717) is 11.6 Å². The average Bonchev–Trinajstić information content (AvgIpc) is 2.35. The van der Waals surface area contributed by atoms with Gasteiger partial charge >= 0.3 is 0 Å². The summed E-state index contributed by atoms with van der Waals surface area (Å²) in [5, 5.41) is 4.16. The number of rotatable bonds is 3. The van der Waals surface area contributed by atoms with Crippen molar-refractivity contribution in [1.82, 2.24) is 4.98 Å². The van der Waals surface area contributed by atoms with Gasteiger partial charge in [0.1, 0.15) is 5.82 Å². The van der Waals surface area contributed by atoms with Gasteiger partial charge in [-0.2, -0.15) is 0 Å². The lowest BCUT2D eigenvalue weighted by molar-refractivity contribution is 0.271. The standard InChI is InChI=1S/C13H20ClN3/c1-10-4-6-13(9-15,7-5-10)17-12-3-2-11(14)8-16-12/h2-3,8,10H,4-7,9,15H2,1H3,(H,16,17). The van der Waals surface area contributed by atoms with E-state index in [2.05, 4.69) is 17.2 Å². The molecule has 0 radical (unpaired) electrons. The number of nitrogens with zero attached hydrogens (tertiary/aromatic N) is 1. The van der Waals surface area contributed by atoms with Crippen molar-refractivity contribution in [2.75, 3.05) is 11.9 Å². The molecule has 0 unspecified atom stereocenters. The fourth-order valence-corrected chi connectivity index (χ4v) is 2.53. The second-order valence-corrected chi connectivity index (χ2v) is 5.59. The van der Waals surface area contributed by atoms with Gasteiger partial charge in [0.15, 0.2) is 0 Å². The summed E-state index contributed by atoms with van der Waals surface area (Å²) in [5.74, 6) is 1.68. The molecule has 3 N–H and O–H groups in total. The Morgan fingerprint density at radius 2 is 2.18 bits per heavy atom. The normalized spacial score (nSPS) is 29.0. The first-order valence-electron chi connectivity index (χ1n) is 6.23. The molecule has 0 spiro atoms. The molecule has 0 aromatic carbocycles. The quantitative estimate of drug-likeness (QED) is 0.871. The highest BCUT2D eigenvalue weighted by atomic mass is 35.5. The lowest BCUT2D eigenvalue weighted by Gasteiger charge is -2.39. The van der Waals surface area contributed by atoms with Crippen molar-refractivity contribution in [3.8, 4) is 0 Å². The number of aromatic nitrogens is 1. The average molecular weight is 254 g/mol. The molecule has 1 heterocycles. The van der Waals surface area contributed by atoms with E-state index in [9.17, 15) is 0 Å². The van der Waals surface area contributed by atoms with Crippen molar-refractivity contribution in [3.05, 3.63) is 23.4 Å². The van der Waals surface area contributed by atoms with E-state index in [4.69, 9.17) is 17.3 Å². The minimum Gasteiger partial charge on any atom is -0.363 e. The molecule has 0 amide bonds. The molecule has 2 rings (SSSR count). The fourth-order valence-electron chi connectivity index (χ4n) is 2.42. The van der Waals surface area contributed by atoms with Crippen LogP contribution < -0.4 is 11.1 Å².